The van der Waals surface area contributed by atoms with E-state index in [9.17, 15) is 0 Å². The second kappa shape index (κ2) is 7.98. The number of halogens is 1. The molecule has 1 aliphatic rings. The number of aromatic nitrogens is 3. The summed E-state index contributed by atoms with van der Waals surface area (Å²) in [5.41, 5.74) is 9.00. The largest absolute Gasteiger partial charge is 0.365 e. The summed E-state index contributed by atoms with van der Waals surface area (Å²) in [5.74, 6) is 0. The van der Waals surface area contributed by atoms with Crippen LogP contribution in [0.4, 0.5) is 5.69 Å². The van der Waals surface area contributed by atoms with E-state index in [-0.39, 0.29) is 0 Å². The molecule has 29 heavy (non-hydrogen) atoms. The van der Waals surface area contributed by atoms with E-state index in [2.05, 4.69) is 50.3 Å². The number of benzene rings is 1. The number of hydrogen-bond donors (Lipinski definition) is 0. The van der Waals surface area contributed by atoms with E-state index in [4.69, 9.17) is 21.7 Å². The zero-order valence-electron chi connectivity index (χ0n) is 18.2. The van der Waals surface area contributed by atoms with Crippen LogP contribution in [0, 0.1) is 20.8 Å². The topological polar surface area (TPSA) is 34.0 Å². The van der Waals surface area contributed by atoms with Crippen LogP contribution in [0.3, 0.4) is 0 Å². The van der Waals surface area contributed by atoms with Crippen molar-refractivity contribution in [3.8, 4) is 11.3 Å². The molecule has 0 saturated heterocycles. The van der Waals surface area contributed by atoms with Gasteiger partial charge in [0.2, 0.25) is 0 Å². The summed E-state index contributed by atoms with van der Waals surface area (Å²) in [6, 6.07) is 6.89. The Morgan fingerprint density at radius 1 is 1.00 bits per heavy atom. The summed E-state index contributed by atoms with van der Waals surface area (Å²) in [4.78, 5) is 7.58. The molecule has 4 rings (SSSR count). The van der Waals surface area contributed by atoms with Gasteiger partial charge >= 0.3 is 0 Å². The van der Waals surface area contributed by atoms with E-state index in [1.165, 1.54) is 36.9 Å². The van der Waals surface area contributed by atoms with Crippen molar-refractivity contribution in [2.75, 3.05) is 11.4 Å². The van der Waals surface area contributed by atoms with Crippen LogP contribution in [0.25, 0.3) is 22.3 Å². The molecule has 0 aliphatic carbocycles. The number of aryl methyl sites for hydroxylation is 3. The molecule has 0 fully saturated rings. The Labute approximate surface area is 178 Å². The fourth-order valence-corrected chi connectivity index (χ4v) is 5.27. The Hall–Kier alpha value is -2.07. The predicted molar refractivity (Wildman–Crippen MR) is 123 cm³/mol. The predicted octanol–water partition coefficient (Wildman–Crippen LogP) is 6.47. The molecule has 4 nitrogen and oxygen atoms in total. The number of anilines is 1. The maximum atomic E-state index is 6.29. The average molecular weight is 411 g/mol. The molecule has 0 unspecified atom stereocenters. The van der Waals surface area contributed by atoms with Gasteiger partial charge in [-0.25, -0.2) is 4.98 Å². The maximum Gasteiger partial charge on any atom is 0.119 e. The van der Waals surface area contributed by atoms with Gasteiger partial charge < -0.3 is 4.90 Å². The van der Waals surface area contributed by atoms with Crippen LogP contribution in [0.2, 0.25) is 5.02 Å². The minimum absolute atomic E-state index is 0.584. The van der Waals surface area contributed by atoms with Crippen molar-refractivity contribution in [2.45, 2.75) is 72.9 Å². The third kappa shape index (κ3) is 3.52. The van der Waals surface area contributed by atoms with Crippen LogP contribution < -0.4 is 4.90 Å². The SMILES string of the molecule is CCCC(CCC)N1CCn2nc(-c3c(C)cc(Cl)cc3C)c3nc(C)cc1c32. The zero-order valence-corrected chi connectivity index (χ0v) is 19.0. The van der Waals surface area contributed by atoms with Crippen molar-refractivity contribution in [3.05, 3.63) is 40.0 Å². The molecule has 0 N–H and O–H groups in total. The highest BCUT2D eigenvalue weighted by molar-refractivity contribution is 6.30. The van der Waals surface area contributed by atoms with Gasteiger partial charge in [0.05, 0.1) is 12.2 Å². The Morgan fingerprint density at radius 2 is 1.66 bits per heavy atom. The van der Waals surface area contributed by atoms with Gasteiger partial charge in [-0.1, -0.05) is 38.3 Å². The molecule has 3 aromatic rings. The van der Waals surface area contributed by atoms with Crippen LogP contribution in [0.5, 0.6) is 0 Å². The lowest BCUT2D eigenvalue weighted by Gasteiger charge is -2.37. The standard InChI is InChI=1S/C24H31ClN4/c1-6-8-19(9-7-2)28-10-11-29-24-20(28)14-17(5)26-23(24)22(27-29)21-15(3)12-18(25)13-16(21)4/h12-14,19H,6-11H2,1-5H3. The lowest BCUT2D eigenvalue weighted by atomic mass is 9.98. The van der Waals surface area contributed by atoms with Crippen LogP contribution in [-0.2, 0) is 6.54 Å². The van der Waals surface area contributed by atoms with Crippen molar-refractivity contribution in [2.24, 2.45) is 0 Å². The lowest BCUT2D eigenvalue weighted by molar-refractivity contribution is 0.473. The quantitative estimate of drug-likeness (QED) is 0.467. The van der Waals surface area contributed by atoms with Crippen LogP contribution in [0.1, 0.15) is 56.4 Å². The normalized spacial score (nSPS) is 13.7. The molecule has 3 heterocycles. The molecular formula is C24H31ClN4. The molecule has 2 aromatic heterocycles. The Kier molecular flexibility index (Phi) is 5.56. The van der Waals surface area contributed by atoms with Crippen molar-refractivity contribution < 1.29 is 0 Å². The van der Waals surface area contributed by atoms with Gasteiger partial charge in [-0.05, 0) is 62.9 Å². The summed E-state index contributed by atoms with van der Waals surface area (Å²) >= 11 is 6.29. The van der Waals surface area contributed by atoms with Crippen LogP contribution in [0.15, 0.2) is 18.2 Å². The molecule has 1 aromatic carbocycles. The molecular weight excluding hydrogens is 380 g/mol. The Morgan fingerprint density at radius 3 is 2.28 bits per heavy atom. The van der Waals surface area contributed by atoms with Crippen LogP contribution >= 0.6 is 11.6 Å². The molecule has 0 spiro atoms. The molecule has 0 amide bonds. The Balaban J connectivity index is 1.93. The average Bonchev–Trinajstić information content (AvgIpc) is 3.00. The first-order valence-electron chi connectivity index (χ1n) is 10.9. The van der Waals surface area contributed by atoms with Gasteiger partial charge in [-0.15, -0.1) is 0 Å². The number of pyridine rings is 1. The fourth-order valence-electron chi connectivity index (χ4n) is 4.94. The van der Waals surface area contributed by atoms with Crippen molar-refractivity contribution in [1.82, 2.24) is 14.8 Å². The van der Waals surface area contributed by atoms with E-state index < -0.39 is 0 Å². The van der Waals surface area contributed by atoms with E-state index in [1.807, 2.05) is 12.1 Å². The maximum absolute atomic E-state index is 6.29. The van der Waals surface area contributed by atoms with E-state index in [1.54, 1.807) is 0 Å². The smallest absolute Gasteiger partial charge is 0.119 e. The molecule has 1 aliphatic heterocycles. The summed E-state index contributed by atoms with van der Waals surface area (Å²) in [6.45, 7) is 12.8. The van der Waals surface area contributed by atoms with Gasteiger partial charge in [0, 0.05) is 28.9 Å². The highest BCUT2D eigenvalue weighted by Crippen LogP contribution is 2.39. The van der Waals surface area contributed by atoms with Gasteiger partial charge in [-0.3, -0.25) is 4.68 Å². The van der Waals surface area contributed by atoms with E-state index in [0.29, 0.717) is 6.04 Å². The highest BCUT2D eigenvalue weighted by atomic mass is 35.5. The summed E-state index contributed by atoms with van der Waals surface area (Å²) in [7, 11) is 0. The highest BCUT2D eigenvalue weighted by Gasteiger charge is 2.29. The van der Waals surface area contributed by atoms with E-state index >= 15 is 0 Å². The summed E-state index contributed by atoms with van der Waals surface area (Å²) in [5, 5.41) is 5.83. The van der Waals surface area contributed by atoms with E-state index in [0.717, 1.165) is 51.7 Å². The summed E-state index contributed by atoms with van der Waals surface area (Å²) < 4.78 is 2.17. The third-order valence-corrected chi connectivity index (χ3v) is 6.30. The van der Waals surface area contributed by atoms with Crippen molar-refractivity contribution in [3.63, 3.8) is 0 Å². The second-order valence-electron chi connectivity index (χ2n) is 8.39. The van der Waals surface area contributed by atoms with Gasteiger partial charge in [-0.2, -0.15) is 5.10 Å². The molecule has 5 heteroatoms. The van der Waals surface area contributed by atoms with Gasteiger partial charge in [0.15, 0.2) is 0 Å². The zero-order chi connectivity index (χ0) is 20.7. The van der Waals surface area contributed by atoms with Gasteiger partial charge in [0.1, 0.15) is 16.7 Å². The Bertz CT molecular complexity index is 1020. The minimum Gasteiger partial charge on any atom is -0.365 e. The number of rotatable bonds is 6. The first-order chi connectivity index (χ1) is 13.9. The number of hydrogen-bond acceptors (Lipinski definition) is 3. The molecule has 0 saturated carbocycles. The molecule has 0 atom stereocenters. The number of nitrogens with zero attached hydrogens (tertiary/aromatic N) is 4. The lowest BCUT2D eigenvalue weighted by Crippen LogP contribution is -2.40. The third-order valence-electron chi connectivity index (χ3n) is 6.08. The van der Waals surface area contributed by atoms with Gasteiger partial charge in [0.25, 0.3) is 0 Å². The summed E-state index contributed by atoms with van der Waals surface area (Å²) in [6.07, 6.45) is 4.88. The minimum atomic E-state index is 0.584. The van der Waals surface area contributed by atoms with Crippen molar-refractivity contribution in [1.29, 1.82) is 0 Å². The molecule has 0 bridgehead atoms. The first-order valence-corrected chi connectivity index (χ1v) is 11.2. The van der Waals surface area contributed by atoms with Crippen LogP contribution in [-0.4, -0.2) is 27.4 Å². The fraction of sp³-hybridized carbons (Fsp3) is 0.500. The first kappa shape index (κ1) is 20.2. The molecule has 0 radical (unpaired) electrons. The molecule has 154 valence electrons. The van der Waals surface area contributed by atoms with Crippen molar-refractivity contribution >= 4 is 28.3 Å². The monoisotopic (exact) mass is 410 g/mol. The second-order valence-corrected chi connectivity index (χ2v) is 8.83.